The molecular formula is C31H35ClFN2O5+. The van der Waals surface area contributed by atoms with Crippen LogP contribution in [0.4, 0.5) is 15.8 Å². The molecule has 0 radical (unpaired) electrons. The van der Waals surface area contributed by atoms with Crippen molar-refractivity contribution in [2.24, 2.45) is 0 Å². The van der Waals surface area contributed by atoms with Crippen LogP contribution in [0.25, 0.3) is 0 Å². The van der Waals surface area contributed by atoms with Gasteiger partial charge >= 0.3 is 5.97 Å². The van der Waals surface area contributed by atoms with E-state index in [1.807, 2.05) is 60.4 Å². The second kappa shape index (κ2) is 12.7. The van der Waals surface area contributed by atoms with Gasteiger partial charge in [0.1, 0.15) is 35.3 Å². The lowest BCUT2D eigenvalue weighted by Crippen LogP contribution is -2.38. The van der Waals surface area contributed by atoms with E-state index < -0.39 is 5.97 Å². The predicted molar refractivity (Wildman–Crippen MR) is 149 cm³/mol. The second-order valence-electron chi connectivity index (χ2n) is 10.2. The van der Waals surface area contributed by atoms with Crippen LogP contribution >= 0.6 is 0 Å². The van der Waals surface area contributed by atoms with Crippen molar-refractivity contribution in [1.29, 1.82) is 0 Å². The van der Waals surface area contributed by atoms with E-state index in [0.717, 1.165) is 35.1 Å². The van der Waals surface area contributed by atoms with Gasteiger partial charge in [0, 0.05) is 62.3 Å². The summed E-state index contributed by atoms with van der Waals surface area (Å²) in [5, 5.41) is 10.2. The maximum atomic E-state index is 14.5. The molecule has 212 valence electrons. The third-order valence-electron chi connectivity index (χ3n) is 7.40. The average molecular weight is 570 g/mol. The van der Waals surface area contributed by atoms with E-state index in [1.165, 1.54) is 6.07 Å². The fourth-order valence-electron chi connectivity index (χ4n) is 5.50. The van der Waals surface area contributed by atoms with Crippen LogP contribution in [-0.4, -0.2) is 55.6 Å². The number of carbonyl (C=O) groups is 1. The molecule has 9 heteroatoms. The van der Waals surface area contributed by atoms with Crippen LogP contribution in [0.15, 0.2) is 66.7 Å². The number of halogens is 2. The van der Waals surface area contributed by atoms with Gasteiger partial charge in [-0.25, -0.2) is 4.39 Å². The molecule has 3 aromatic carbocycles. The first-order chi connectivity index (χ1) is 19.4. The van der Waals surface area contributed by atoms with Crippen LogP contribution in [0.3, 0.4) is 0 Å². The van der Waals surface area contributed by atoms with Crippen LogP contribution in [-0.2, 0) is 4.79 Å². The molecule has 2 fully saturated rings. The van der Waals surface area contributed by atoms with Crippen LogP contribution in [0.1, 0.15) is 32.6 Å². The Kier molecular flexibility index (Phi) is 8.85. The number of hydrogen-bond acceptors (Lipinski definition) is 6. The molecule has 0 unspecified atom stereocenters. The Morgan fingerprint density at radius 2 is 1.57 bits per heavy atom. The number of benzene rings is 3. The Morgan fingerprint density at radius 1 is 0.950 bits per heavy atom. The average Bonchev–Trinajstić information content (AvgIpc) is 3.33. The van der Waals surface area contributed by atoms with Crippen LogP contribution in [0.5, 0.6) is 17.2 Å². The monoisotopic (exact) mass is 569 g/mol. The highest BCUT2D eigenvalue weighted by Gasteiger charge is 2.35. The Labute approximate surface area is 239 Å². The largest absolute Gasteiger partial charge is 0.494 e. The summed E-state index contributed by atoms with van der Waals surface area (Å²) in [7, 11) is 0. The number of hydrogen-bond donors (Lipinski definition) is 1. The minimum Gasteiger partial charge on any atom is -0.494 e. The van der Waals surface area contributed by atoms with Gasteiger partial charge in [0.15, 0.2) is 11.6 Å². The fourth-order valence-corrected chi connectivity index (χ4v) is 5.63. The predicted octanol–water partition coefficient (Wildman–Crippen LogP) is 5.47. The van der Waals surface area contributed by atoms with E-state index >= 15 is 0 Å². The topological polar surface area (TPSA) is 71.5 Å². The molecule has 2 aliphatic rings. The van der Waals surface area contributed by atoms with Gasteiger partial charge in [0.05, 0.1) is 25.3 Å². The smallest absolute Gasteiger partial charge is 0.305 e. The summed E-state index contributed by atoms with van der Waals surface area (Å²) in [4.78, 5) is 15.7. The minimum atomic E-state index is -0.832. The molecule has 5 rings (SSSR count). The van der Waals surface area contributed by atoms with Crippen LogP contribution in [0.2, 0.25) is 5.02 Å². The second-order valence-corrected chi connectivity index (χ2v) is 10.7. The van der Waals surface area contributed by atoms with Gasteiger partial charge in [-0.05, 0) is 55.5 Å². The number of aliphatic carboxylic acids is 1. The van der Waals surface area contributed by atoms with Gasteiger partial charge in [-0.1, -0.05) is 0 Å². The van der Waals surface area contributed by atoms with Gasteiger partial charge in [-0.2, -0.15) is 0 Å². The van der Waals surface area contributed by atoms with Crippen molar-refractivity contribution in [2.45, 2.75) is 50.9 Å². The van der Waals surface area contributed by atoms with Crippen molar-refractivity contribution in [1.82, 2.24) is 0 Å². The molecule has 7 nitrogen and oxygen atoms in total. The normalized spacial score (nSPS) is 19.5. The van der Waals surface area contributed by atoms with Crippen molar-refractivity contribution in [3.05, 3.63) is 77.6 Å². The third kappa shape index (κ3) is 6.91. The molecule has 3 aromatic rings. The van der Waals surface area contributed by atoms with Gasteiger partial charge in [-0.3, -0.25) is 4.79 Å². The van der Waals surface area contributed by atoms with Crippen LogP contribution < -0.4 is 24.0 Å². The number of carboxylic acid groups (broad SMARTS) is 1. The maximum absolute atomic E-state index is 14.5. The number of piperidine rings is 1. The van der Waals surface area contributed by atoms with Crippen molar-refractivity contribution >= 4 is 17.3 Å². The summed E-state index contributed by atoms with van der Waals surface area (Å²) in [6, 6.07) is 19.9. The van der Waals surface area contributed by atoms with Crippen molar-refractivity contribution in [3.63, 3.8) is 0 Å². The molecule has 0 bridgehead atoms. The summed E-state index contributed by atoms with van der Waals surface area (Å²) in [5.41, 5.74) is 1.50. The molecule has 2 heterocycles. The SMILES string of the molecule is CCOc1ccc(F)c(N2CCC(Oc3ccc(N4C[C@H](Oc5ccc([ClH+])cc5)C[C@@H]4CC(=O)O)cc3)CC2)c1. The Morgan fingerprint density at radius 3 is 2.23 bits per heavy atom. The first kappa shape index (κ1) is 27.9. The highest BCUT2D eigenvalue weighted by Crippen LogP contribution is 2.33. The zero-order chi connectivity index (χ0) is 28.1. The first-order valence-electron chi connectivity index (χ1n) is 13.7. The lowest BCUT2D eigenvalue weighted by atomic mass is 10.1. The summed E-state index contributed by atoms with van der Waals surface area (Å²) in [6.45, 7) is 4.42. The molecule has 0 saturated carbocycles. The lowest BCUT2D eigenvalue weighted by Gasteiger charge is -2.34. The van der Waals surface area contributed by atoms with Gasteiger partial charge < -0.3 is 29.1 Å². The summed E-state index contributed by atoms with van der Waals surface area (Å²) < 4.78 is 32.4. The van der Waals surface area contributed by atoms with Crippen molar-refractivity contribution < 1.29 is 40.1 Å². The van der Waals surface area contributed by atoms with Gasteiger partial charge in [0.25, 0.3) is 0 Å². The summed E-state index contributed by atoms with van der Waals surface area (Å²) >= 11 is 5.15. The molecule has 0 aromatic heterocycles. The molecule has 0 spiro atoms. The Bertz CT molecular complexity index is 1280. The van der Waals surface area contributed by atoms with Crippen molar-refractivity contribution in [2.75, 3.05) is 36.0 Å². The molecule has 40 heavy (non-hydrogen) atoms. The molecule has 2 saturated heterocycles. The molecule has 2 atom stereocenters. The third-order valence-corrected chi connectivity index (χ3v) is 7.67. The highest BCUT2D eigenvalue weighted by molar-refractivity contribution is 5.69. The number of rotatable bonds is 10. The Hall–Kier alpha value is -3.65. The summed E-state index contributed by atoms with van der Waals surface area (Å²) in [5.74, 6) is 1.09. The van der Waals surface area contributed by atoms with Crippen LogP contribution in [0, 0.1) is 17.4 Å². The van der Waals surface area contributed by atoms with Gasteiger partial charge in [0.2, 0.25) is 5.02 Å². The van der Waals surface area contributed by atoms with Gasteiger partial charge in [-0.15, -0.1) is 0 Å². The zero-order valence-electron chi connectivity index (χ0n) is 22.5. The fraction of sp³-hybridized carbons (Fsp3) is 0.387. The highest BCUT2D eigenvalue weighted by atomic mass is 35.5. The number of ether oxygens (including phenoxy) is 3. The van der Waals surface area contributed by atoms with E-state index in [1.54, 1.807) is 12.1 Å². The molecule has 0 aliphatic carbocycles. The zero-order valence-corrected chi connectivity index (χ0v) is 23.3. The molecular weight excluding hydrogens is 535 g/mol. The maximum Gasteiger partial charge on any atom is 0.305 e. The molecule has 0 amide bonds. The minimum absolute atomic E-state index is 0.0334. The molecule has 1 N–H and O–H groups in total. The van der Waals surface area contributed by atoms with Crippen molar-refractivity contribution in [3.8, 4) is 17.2 Å². The van der Waals surface area contributed by atoms with E-state index in [2.05, 4.69) is 4.90 Å². The van der Waals surface area contributed by atoms with E-state index in [0.29, 0.717) is 44.1 Å². The van der Waals surface area contributed by atoms with E-state index in [4.69, 9.17) is 25.8 Å². The number of anilines is 2. The molecule has 2 aliphatic heterocycles. The standard InChI is InChI=1S/C31H34ClFN2O5/c1-2-38-27-11-12-29(33)30(19-27)34-15-13-26(14-16-34)39-25-9-5-22(6-10-25)35-20-28(17-23(35)18-31(36)37)40-24-7-3-21(32)4-8-24/h3-12,19,23,26,28,32H,2,13-18,20H2,1H3/p+1/t23-,28-/m1/s1. The quantitative estimate of drug-likeness (QED) is 0.347. The lowest BCUT2D eigenvalue weighted by molar-refractivity contribution is -0.288. The van der Waals surface area contributed by atoms with E-state index in [-0.39, 0.29) is 30.5 Å². The van der Waals surface area contributed by atoms with E-state index in [9.17, 15) is 14.3 Å². The Balaban J connectivity index is 1.18. The number of nitrogens with zero attached hydrogens (tertiary/aromatic N) is 2. The first-order valence-corrected chi connectivity index (χ1v) is 14.1. The number of carboxylic acids is 1. The summed E-state index contributed by atoms with van der Waals surface area (Å²) in [6.07, 6.45) is 2.12.